The van der Waals surface area contributed by atoms with Crippen LogP contribution in [0.2, 0.25) is 0 Å². The molecule has 1 aliphatic carbocycles. The molecule has 1 atom stereocenters. The molecule has 30 heavy (non-hydrogen) atoms. The quantitative estimate of drug-likeness (QED) is 0.578. The zero-order valence-corrected chi connectivity index (χ0v) is 19.5. The van der Waals surface area contributed by atoms with E-state index in [2.05, 4.69) is 52.4 Å². The highest BCUT2D eigenvalue weighted by Crippen LogP contribution is 2.20. The first-order valence-electron chi connectivity index (χ1n) is 10.8. The van der Waals surface area contributed by atoms with Crippen molar-refractivity contribution in [2.24, 2.45) is 0 Å². The van der Waals surface area contributed by atoms with Crippen molar-refractivity contribution in [2.45, 2.75) is 71.0 Å². The van der Waals surface area contributed by atoms with E-state index >= 15 is 0 Å². The molecule has 1 fully saturated rings. The first kappa shape index (κ1) is 22.5. The second-order valence-electron chi connectivity index (χ2n) is 8.30. The highest BCUT2D eigenvalue weighted by molar-refractivity contribution is 9.10. The van der Waals surface area contributed by atoms with Gasteiger partial charge in [0.1, 0.15) is 6.04 Å². The van der Waals surface area contributed by atoms with Crippen molar-refractivity contribution in [1.82, 2.24) is 10.2 Å². The monoisotopic (exact) mass is 470 g/mol. The van der Waals surface area contributed by atoms with E-state index < -0.39 is 6.04 Å². The SMILES string of the molecule is Cc1ccc(CCC(=O)N(Cc2cccc(Br)c2)[C@@H](C)C(=O)NC2CCCC2)cc1. The number of halogens is 1. The summed E-state index contributed by atoms with van der Waals surface area (Å²) in [4.78, 5) is 27.8. The molecule has 3 rings (SSSR count). The van der Waals surface area contributed by atoms with Crippen LogP contribution in [0, 0.1) is 6.92 Å². The number of hydrogen-bond donors (Lipinski definition) is 1. The molecule has 160 valence electrons. The summed E-state index contributed by atoms with van der Waals surface area (Å²) in [7, 11) is 0. The van der Waals surface area contributed by atoms with E-state index in [4.69, 9.17) is 0 Å². The summed E-state index contributed by atoms with van der Waals surface area (Å²) in [5.41, 5.74) is 3.35. The van der Waals surface area contributed by atoms with Gasteiger partial charge in [0.05, 0.1) is 0 Å². The predicted molar refractivity (Wildman–Crippen MR) is 124 cm³/mol. The summed E-state index contributed by atoms with van der Waals surface area (Å²) in [5.74, 6) is -0.0507. The Morgan fingerprint density at radius 2 is 1.80 bits per heavy atom. The van der Waals surface area contributed by atoms with Crippen LogP contribution < -0.4 is 5.32 Å². The van der Waals surface area contributed by atoms with E-state index in [0.717, 1.165) is 41.3 Å². The third kappa shape index (κ3) is 6.43. The summed E-state index contributed by atoms with van der Waals surface area (Å²) in [6.45, 7) is 4.32. The lowest BCUT2D eigenvalue weighted by Crippen LogP contribution is -2.49. The number of carbonyl (C=O) groups is 2. The molecular formula is C25H31BrN2O2. The molecule has 0 bridgehead atoms. The van der Waals surface area contributed by atoms with Crippen LogP contribution in [0.3, 0.4) is 0 Å². The Morgan fingerprint density at radius 3 is 2.47 bits per heavy atom. The molecule has 0 aliphatic heterocycles. The van der Waals surface area contributed by atoms with Gasteiger partial charge in [-0.3, -0.25) is 9.59 Å². The van der Waals surface area contributed by atoms with Gasteiger partial charge in [0.15, 0.2) is 0 Å². The highest BCUT2D eigenvalue weighted by atomic mass is 79.9. The number of amides is 2. The maximum Gasteiger partial charge on any atom is 0.242 e. The lowest BCUT2D eigenvalue weighted by atomic mass is 10.1. The molecule has 1 N–H and O–H groups in total. The summed E-state index contributed by atoms with van der Waals surface area (Å²) < 4.78 is 0.968. The molecule has 0 heterocycles. The van der Waals surface area contributed by atoms with Crippen LogP contribution in [-0.2, 0) is 22.6 Å². The maximum absolute atomic E-state index is 13.2. The van der Waals surface area contributed by atoms with Gasteiger partial charge in [-0.2, -0.15) is 0 Å². The number of benzene rings is 2. The molecule has 1 saturated carbocycles. The normalized spacial score (nSPS) is 15.0. The standard InChI is InChI=1S/C25H31BrN2O2/c1-18-10-12-20(13-11-18)14-15-24(29)28(17-21-6-5-7-22(26)16-21)19(2)25(30)27-23-8-3-4-9-23/h5-7,10-13,16,19,23H,3-4,8-9,14-15,17H2,1-2H3,(H,27,30)/t19-/m0/s1. The minimum Gasteiger partial charge on any atom is -0.352 e. The van der Waals surface area contributed by atoms with Gasteiger partial charge < -0.3 is 10.2 Å². The summed E-state index contributed by atoms with van der Waals surface area (Å²) >= 11 is 3.50. The van der Waals surface area contributed by atoms with Gasteiger partial charge in [-0.1, -0.05) is 70.7 Å². The van der Waals surface area contributed by atoms with Crippen molar-refractivity contribution in [3.63, 3.8) is 0 Å². The minimum absolute atomic E-state index is 0.00428. The zero-order valence-electron chi connectivity index (χ0n) is 17.9. The van der Waals surface area contributed by atoms with E-state index in [0.29, 0.717) is 19.4 Å². The Kier molecular flexibility index (Phi) is 8.08. The third-order valence-corrected chi connectivity index (χ3v) is 6.35. The van der Waals surface area contributed by atoms with Gasteiger partial charge in [-0.15, -0.1) is 0 Å². The molecule has 0 spiro atoms. The summed E-state index contributed by atoms with van der Waals surface area (Å²) in [6, 6.07) is 15.9. The molecular weight excluding hydrogens is 440 g/mol. The van der Waals surface area contributed by atoms with Gasteiger partial charge in [-0.05, 0) is 56.4 Å². The number of rotatable bonds is 8. The first-order valence-corrected chi connectivity index (χ1v) is 11.6. The zero-order chi connectivity index (χ0) is 21.5. The topological polar surface area (TPSA) is 49.4 Å². The van der Waals surface area contributed by atoms with E-state index in [1.807, 2.05) is 31.2 Å². The van der Waals surface area contributed by atoms with Crippen molar-refractivity contribution >= 4 is 27.7 Å². The van der Waals surface area contributed by atoms with Crippen molar-refractivity contribution in [3.8, 4) is 0 Å². The maximum atomic E-state index is 13.2. The van der Waals surface area contributed by atoms with Crippen molar-refractivity contribution < 1.29 is 9.59 Å². The van der Waals surface area contributed by atoms with Crippen molar-refractivity contribution in [3.05, 3.63) is 69.7 Å². The van der Waals surface area contributed by atoms with E-state index in [1.165, 1.54) is 5.56 Å². The molecule has 0 saturated heterocycles. The van der Waals surface area contributed by atoms with Gasteiger partial charge >= 0.3 is 0 Å². The number of nitrogens with zero attached hydrogens (tertiary/aromatic N) is 1. The van der Waals surface area contributed by atoms with Gasteiger partial charge in [0.2, 0.25) is 11.8 Å². The van der Waals surface area contributed by atoms with Crippen LogP contribution in [0.1, 0.15) is 55.7 Å². The number of carbonyl (C=O) groups excluding carboxylic acids is 2. The fourth-order valence-corrected chi connectivity index (χ4v) is 4.40. The Bertz CT molecular complexity index is 860. The molecule has 0 radical (unpaired) electrons. The predicted octanol–water partition coefficient (Wildman–Crippen LogP) is 5.17. The average Bonchev–Trinajstić information content (AvgIpc) is 3.24. The van der Waals surface area contributed by atoms with Crippen LogP contribution in [0.5, 0.6) is 0 Å². The minimum atomic E-state index is -0.505. The highest BCUT2D eigenvalue weighted by Gasteiger charge is 2.28. The lowest BCUT2D eigenvalue weighted by molar-refractivity contribution is -0.140. The summed E-state index contributed by atoms with van der Waals surface area (Å²) in [6.07, 6.45) is 5.45. The smallest absolute Gasteiger partial charge is 0.242 e. The van der Waals surface area contributed by atoms with Gasteiger partial charge in [-0.25, -0.2) is 0 Å². The largest absolute Gasteiger partial charge is 0.352 e. The van der Waals surface area contributed by atoms with Crippen LogP contribution in [0.25, 0.3) is 0 Å². The lowest BCUT2D eigenvalue weighted by Gasteiger charge is -2.30. The number of hydrogen-bond acceptors (Lipinski definition) is 2. The van der Waals surface area contributed by atoms with Crippen LogP contribution in [0.4, 0.5) is 0 Å². The molecule has 1 aliphatic rings. The molecule has 5 heteroatoms. The fourth-order valence-electron chi connectivity index (χ4n) is 3.96. The van der Waals surface area contributed by atoms with Crippen LogP contribution >= 0.6 is 15.9 Å². The Labute approximate surface area is 188 Å². The second kappa shape index (κ2) is 10.8. The third-order valence-electron chi connectivity index (χ3n) is 5.86. The number of nitrogens with one attached hydrogen (secondary N) is 1. The van der Waals surface area contributed by atoms with Crippen LogP contribution in [-0.4, -0.2) is 28.8 Å². The van der Waals surface area contributed by atoms with Gasteiger partial charge in [0.25, 0.3) is 0 Å². The Morgan fingerprint density at radius 1 is 1.10 bits per heavy atom. The van der Waals surface area contributed by atoms with Crippen molar-refractivity contribution in [1.29, 1.82) is 0 Å². The van der Waals surface area contributed by atoms with Crippen LogP contribution in [0.15, 0.2) is 53.0 Å². The van der Waals surface area contributed by atoms with E-state index in [1.54, 1.807) is 4.90 Å². The first-order chi connectivity index (χ1) is 14.4. The van der Waals surface area contributed by atoms with E-state index in [-0.39, 0.29) is 17.9 Å². The molecule has 4 nitrogen and oxygen atoms in total. The van der Waals surface area contributed by atoms with Crippen molar-refractivity contribution in [2.75, 3.05) is 0 Å². The fraction of sp³-hybridized carbons (Fsp3) is 0.440. The van der Waals surface area contributed by atoms with Gasteiger partial charge in [0, 0.05) is 23.5 Å². The Balaban J connectivity index is 1.70. The van der Waals surface area contributed by atoms with E-state index in [9.17, 15) is 9.59 Å². The molecule has 2 aromatic rings. The average molecular weight is 471 g/mol. The molecule has 2 aromatic carbocycles. The Hall–Kier alpha value is -2.14. The molecule has 0 aromatic heterocycles. The summed E-state index contributed by atoms with van der Waals surface area (Å²) in [5, 5.41) is 3.15. The molecule has 2 amide bonds. The number of aryl methyl sites for hydroxylation is 2. The molecule has 0 unspecified atom stereocenters. The second-order valence-corrected chi connectivity index (χ2v) is 9.22.